The molecule has 10 heavy (non-hydrogen) atoms. The predicted molar refractivity (Wildman–Crippen MR) is 44.9 cm³/mol. The summed E-state index contributed by atoms with van der Waals surface area (Å²) in [6.07, 6.45) is 2.32. The lowest BCUT2D eigenvalue weighted by Gasteiger charge is -1.97. The highest BCUT2D eigenvalue weighted by Gasteiger charge is 2.04. The molecule has 0 spiro atoms. The van der Waals surface area contributed by atoms with Crippen LogP contribution >= 0.6 is 0 Å². The first-order valence-corrected chi connectivity index (χ1v) is 3.75. The van der Waals surface area contributed by atoms with Gasteiger partial charge in [-0.05, 0) is 33.6 Å². The number of hydrogen-bond acceptors (Lipinski definition) is 2. The van der Waals surface area contributed by atoms with E-state index in [1.165, 1.54) is 11.4 Å². The summed E-state index contributed by atoms with van der Waals surface area (Å²) in [5, 5.41) is 0. The smallest absolute Gasteiger partial charge is 0.136 e. The molecule has 1 aliphatic heterocycles. The van der Waals surface area contributed by atoms with E-state index >= 15 is 0 Å². The van der Waals surface area contributed by atoms with Gasteiger partial charge in [-0.1, -0.05) is 0 Å². The van der Waals surface area contributed by atoms with Crippen molar-refractivity contribution in [3.05, 3.63) is 0 Å². The summed E-state index contributed by atoms with van der Waals surface area (Å²) < 4.78 is 0. The SMILES string of the molecule is CC1=NC(C)N=C(C)CC1. The average Bonchev–Trinajstić information content (AvgIpc) is 1.93. The van der Waals surface area contributed by atoms with E-state index in [-0.39, 0.29) is 6.17 Å². The highest BCUT2D eigenvalue weighted by Crippen LogP contribution is 2.06. The maximum absolute atomic E-state index is 4.36. The Balaban J connectivity index is 2.70. The van der Waals surface area contributed by atoms with Gasteiger partial charge in [0.05, 0.1) is 0 Å². The van der Waals surface area contributed by atoms with Crippen LogP contribution in [0.5, 0.6) is 0 Å². The van der Waals surface area contributed by atoms with Crippen molar-refractivity contribution in [2.24, 2.45) is 9.98 Å². The van der Waals surface area contributed by atoms with Gasteiger partial charge in [-0.25, -0.2) is 0 Å². The lowest BCUT2D eigenvalue weighted by Crippen LogP contribution is -1.95. The Morgan fingerprint density at radius 1 is 1.10 bits per heavy atom. The first-order valence-electron chi connectivity index (χ1n) is 3.75. The van der Waals surface area contributed by atoms with E-state index in [2.05, 4.69) is 23.8 Å². The minimum absolute atomic E-state index is 0.155. The van der Waals surface area contributed by atoms with Crippen LogP contribution in [0.1, 0.15) is 33.6 Å². The molecule has 0 radical (unpaired) electrons. The molecule has 0 aliphatic carbocycles. The molecule has 0 aromatic rings. The van der Waals surface area contributed by atoms with Crippen LogP contribution in [-0.4, -0.2) is 17.6 Å². The Labute approximate surface area is 62.1 Å². The maximum Gasteiger partial charge on any atom is 0.136 e. The highest BCUT2D eigenvalue weighted by molar-refractivity contribution is 5.90. The van der Waals surface area contributed by atoms with Gasteiger partial charge in [0.25, 0.3) is 0 Å². The quantitative estimate of drug-likeness (QED) is 0.489. The lowest BCUT2D eigenvalue weighted by molar-refractivity contribution is 0.796. The van der Waals surface area contributed by atoms with E-state index in [1.807, 2.05) is 6.92 Å². The molecule has 0 amide bonds. The second kappa shape index (κ2) is 2.95. The van der Waals surface area contributed by atoms with Crippen molar-refractivity contribution in [1.29, 1.82) is 0 Å². The Bertz CT molecular complexity index is 160. The lowest BCUT2D eigenvalue weighted by atomic mass is 10.2. The minimum atomic E-state index is 0.155. The third-order valence-corrected chi connectivity index (χ3v) is 1.66. The molecule has 1 aliphatic rings. The Kier molecular flexibility index (Phi) is 2.20. The molecule has 0 saturated carbocycles. The van der Waals surface area contributed by atoms with Crippen LogP contribution in [0.3, 0.4) is 0 Å². The minimum Gasteiger partial charge on any atom is -0.268 e. The fraction of sp³-hybridized carbons (Fsp3) is 0.750. The topological polar surface area (TPSA) is 24.7 Å². The second-order valence-electron chi connectivity index (χ2n) is 2.86. The largest absolute Gasteiger partial charge is 0.268 e. The van der Waals surface area contributed by atoms with E-state index in [1.54, 1.807) is 0 Å². The van der Waals surface area contributed by atoms with Gasteiger partial charge in [-0.2, -0.15) is 0 Å². The molecule has 1 heterocycles. The predicted octanol–water partition coefficient (Wildman–Crippen LogP) is 2.05. The Morgan fingerprint density at radius 3 is 1.90 bits per heavy atom. The molecule has 2 heteroatoms. The number of nitrogens with zero attached hydrogens (tertiary/aromatic N) is 2. The Hall–Kier alpha value is -0.660. The summed E-state index contributed by atoms with van der Waals surface area (Å²) in [4.78, 5) is 8.71. The fourth-order valence-electron chi connectivity index (χ4n) is 1.16. The van der Waals surface area contributed by atoms with Crippen LogP contribution in [-0.2, 0) is 0 Å². The number of aliphatic imine (C=N–C) groups is 2. The van der Waals surface area contributed by atoms with Crippen molar-refractivity contribution in [3.63, 3.8) is 0 Å². The molecule has 0 fully saturated rings. The van der Waals surface area contributed by atoms with E-state index < -0.39 is 0 Å². The summed E-state index contributed by atoms with van der Waals surface area (Å²) in [6.45, 7) is 6.17. The second-order valence-corrected chi connectivity index (χ2v) is 2.86. The van der Waals surface area contributed by atoms with Crippen LogP contribution in [0.15, 0.2) is 9.98 Å². The van der Waals surface area contributed by atoms with Crippen molar-refractivity contribution in [2.75, 3.05) is 0 Å². The standard InChI is InChI=1S/C8H14N2/c1-6-4-5-7(2)10-8(3)9-6/h8H,4-5H2,1-3H3. The molecule has 56 valence electrons. The summed E-state index contributed by atoms with van der Waals surface area (Å²) >= 11 is 0. The van der Waals surface area contributed by atoms with Gasteiger partial charge in [0.1, 0.15) is 6.17 Å². The molecule has 1 rings (SSSR count). The molecule has 0 unspecified atom stereocenters. The molecule has 2 nitrogen and oxygen atoms in total. The van der Waals surface area contributed by atoms with Gasteiger partial charge < -0.3 is 0 Å². The zero-order chi connectivity index (χ0) is 7.56. The van der Waals surface area contributed by atoms with E-state index in [9.17, 15) is 0 Å². The van der Waals surface area contributed by atoms with Crippen LogP contribution in [0.25, 0.3) is 0 Å². The van der Waals surface area contributed by atoms with Gasteiger partial charge in [-0.3, -0.25) is 9.98 Å². The Morgan fingerprint density at radius 2 is 1.50 bits per heavy atom. The normalized spacial score (nSPS) is 21.5. The summed E-state index contributed by atoms with van der Waals surface area (Å²) in [5.74, 6) is 0. The van der Waals surface area contributed by atoms with Crippen LogP contribution < -0.4 is 0 Å². The van der Waals surface area contributed by atoms with Crippen molar-refractivity contribution in [2.45, 2.75) is 39.8 Å². The molecule has 0 atom stereocenters. The first kappa shape index (κ1) is 7.45. The number of rotatable bonds is 0. The first-order chi connectivity index (χ1) is 4.68. The zero-order valence-corrected chi connectivity index (χ0v) is 6.89. The van der Waals surface area contributed by atoms with E-state index in [0.717, 1.165) is 12.8 Å². The van der Waals surface area contributed by atoms with Gasteiger partial charge in [-0.15, -0.1) is 0 Å². The molecular formula is C8H14N2. The van der Waals surface area contributed by atoms with Crippen LogP contribution in [0.4, 0.5) is 0 Å². The van der Waals surface area contributed by atoms with Gasteiger partial charge in [0.2, 0.25) is 0 Å². The third kappa shape index (κ3) is 1.94. The molecule has 0 aromatic carbocycles. The molecule has 0 bridgehead atoms. The maximum atomic E-state index is 4.36. The molecule has 0 saturated heterocycles. The summed E-state index contributed by atoms with van der Waals surface area (Å²) in [6, 6.07) is 0. The monoisotopic (exact) mass is 138 g/mol. The third-order valence-electron chi connectivity index (χ3n) is 1.66. The number of hydrogen-bond donors (Lipinski definition) is 0. The van der Waals surface area contributed by atoms with E-state index in [0.29, 0.717) is 0 Å². The highest BCUT2D eigenvalue weighted by atomic mass is 15.0. The van der Waals surface area contributed by atoms with Gasteiger partial charge in [0, 0.05) is 11.4 Å². The fourth-order valence-corrected chi connectivity index (χ4v) is 1.16. The van der Waals surface area contributed by atoms with Gasteiger partial charge >= 0.3 is 0 Å². The van der Waals surface area contributed by atoms with Crippen molar-refractivity contribution in [1.82, 2.24) is 0 Å². The molecule has 0 aromatic heterocycles. The summed E-state index contributed by atoms with van der Waals surface area (Å²) in [5.41, 5.74) is 2.46. The van der Waals surface area contributed by atoms with Crippen LogP contribution in [0.2, 0.25) is 0 Å². The van der Waals surface area contributed by atoms with Gasteiger partial charge in [0.15, 0.2) is 0 Å². The van der Waals surface area contributed by atoms with Crippen molar-refractivity contribution in [3.8, 4) is 0 Å². The van der Waals surface area contributed by atoms with E-state index in [4.69, 9.17) is 0 Å². The zero-order valence-electron chi connectivity index (χ0n) is 6.89. The van der Waals surface area contributed by atoms with Crippen molar-refractivity contribution < 1.29 is 0 Å². The summed E-state index contributed by atoms with van der Waals surface area (Å²) in [7, 11) is 0. The van der Waals surface area contributed by atoms with Crippen LogP contribution in [0, 0.1) is 0 Å². The average molecular weight is 138 g/mol. The van der Waals surface area contributed by atoms with Crippen molar-refractivity contribution >= 4 is 11.4 Å². The molecular weight excluding hydrogens is 124 g/mol. The molecule has 0 N–H and O–H groups in total.